The SMILES string of the molecule is CCCN1CCC(CNC(=O)CNC(=O)C=Cc2ccccc2)CC1. The number of carbonyl (C=O) groups excluding carboxylic acids is 2. The minimum Gasteiger partial charge on any atom is -0.354 e. The highest BCUT2D eigenvalue weighted by molar-refractivity contribution is 5.94. The van der Waals surface area contributed by atoms with Gasteiger partial charge in [0.15, 0.2) is 0 Å². The molecule has 1 heterocycles. The number of nitrogens with one attached hydrogen (secondary N) is 2. The summed E-state index contributed by atoms with van der Waals surface area (Å²) in [5, 5.41) is 5.55. The van der Waals surface area contributed by atoms with Crippen molar-refractivity contribution in [1.29, 1.82) is 0 Å². The van der Waals surface area contributed by atoms with Crippen LogP contribution in [0.1, 0.15) is 31.7 Å². The van der Waals surface area contributed by atoms with Crippen LogP contribution in [0.5, 0.6) is 0 Å². The third kappa shape index (κ3) is 7.52. The number of likely N-dealkylation sites (tertiary alicyclic amines) is 1. The third-order valence-electron chi connectivity index (χ3n) is 4.48. The van der Waals surface area contributed by atoms with E-state index in [9.17, 15) is 9.59 Å². The molecule has 1 aromatic rings. The molecule has 1 fully saturated rings. The number of piperidine rings is 1. The minimum absolute atomic E-state index is 0.0205. The Labute approximate surface area is 150 Å². The lowest BCUT2D eigenvalue weighted by Crippen LogP contribution is -2.41. The molecule has 1 saturated heterocycles. The molecule has 0 unspecified atom stereocenters. The van der Waals surface area contributed by atoms with Crippen LogP contribution in [0, 0.1) is 5.92 Å². The van der Waals surface area contributed by atoms with Crippen LogP contribution in [0.4, 0.5) is 0 Å². The van der Waals surface area contributed by atoms with Crippen molar-refractivity contribution in [3.05, 3.63) is 42.0 Å². The van der Waals surface area contributed by atoms with E-state index in [0.717, 1.165) is 31.5 Å². The topological polar surface area (TPSA) is 61.4 Å². The number of rotatable bonds is 8. The van der Waals surface area contributed by atoms with Crippen LogP contribution in [0.2, 0.25) is 0 Å². The molecule has 1 aliphatic rings. The van der Waals surface area contributed by atoms with Gasteiger partial charge < -0.3 is 15.5 Å². The monoisotopic (exact) mass is 343 g/mol. The highest BCUT2D eigenvalue weighted by Crippen LogP contribution is 2.16. The number of hydrogen-bond acceptors (Lipinski definition) is 3. The van der Waals surface area contributed by atoms with Gasteiger partial charge in [-0.15, -0.1) is 0 Å². The molecular weight excluding hydrogens is 314 g/mol. The van der Waals surface area contributed by atoms with Gasteiger partial charge in [-0.2, -0.15) is 0 Å². The summed E-state index contributed by atoms with van der Waals surface area (Å²) < 4.78 is 0. The van der Waals surface area contributed by atoms with Gasteiger partial charge in [-0.05, 0) is 56.5 Å². The number of carbonyl (C=O) groups is 2. The van der Waals surface area contributed by atoms with Crippen LogP contribution in [0.25, 0.3) is 6.08 Å². The Morgan fingerprint density at radius 1 is 1.16 bits per heavy atom. The van der Waals surface area contributed by atoms with Crippen LogP contribution >= 0.6 is 0 Å². The number of amides is 2. The van der Waals surface area contributed by atoms with Gasteiger partial charge in [-0.1, -0.05) is 37.3 Å². The van der Waals surface area contributed by atoms with Gasteiger partial charge in [0.1, 0.15) is 0 Å². The minimum atomic E-state index is -0.258. The molecule has 0 spiro atoms. The van der Waals surface area contributed by atoms with Gasteiger partial charge >= 0.3 is 0 Å². The molecule has 1 aliphatic heterocycles. The standard InChI is InChI=1S/C20H29N3O2/c1-2-12-23-13-10-18(11-14-23)15-21-20(25)16-22-19(24)9-8-17-6-4-3-5-7-17/h3-9,18H,2,10-16H2,1H3,(H,21,25)(H,22,24). The Morgan fingerprint density at radius 2 is 1.88 bits per heavy atom. The lowest BCUT2D eigenvalue weighted by Gasteiger charge is -2.31. The average molecular weight is 343 g/mol. The fourth-order valence-corrected chi connectivity index (χ4v) is 3.01. The molecule has 0 aliphatic carbocycles. The number of hydrogen-bond donors (Lipinski definition) is 2. The van der Waals surface area contributed by atoms with Crippen LogP contribution in [-0.4, -0.2) is 49.4 Å². The Bertz CT molecular complexity index is 564. The van der Waals surface area contributed by atoms with Crippen LogP contribution in [0.3, 0.4) is 0 Å². The molecule has 0 radical (unpaired) electrons. The predicted octanol–water partition coefficient (Wildman–Crippen LogP) is 2.05. The van der Waals surface area contributed by atoms with Crippen molar-refractivity contribution in [2.75, 3.05) is 32.7 Å². The summed E-state index contributed by atoms with van der Waals surface area (Å²) in [5.74, 6) is 0.162. The lowest BCUT2D eigenvalue weighted by atomic mass is 9.96. The van der Waals surface area contributed by atoms with Gasteiger partial charge in [0.25, 0.3) is 0 Å². The number of nitrogens with zero attached hydrogens (tertiary/aromatic N) is 1. The van der Waals surface area contributed by atoms with Crippen molar-refractivity contribution in [3.8, 4) is 0 Å². The summed E-state index contributed by atoms with van der Waals surface area (Å²) in [5.41, 5.74) is 0.955. The van der Waals surface area contributed by atoms with E-state index in [0.29, 0.717) is 12.5 Å². The molecule has 2 amide bonds. The second-order valence-electron chi connectivity index (χ2n) is 6.55. The Morgan fingerprint density at radius 3 is 2.56 bits per heavy atom. The second-order valence-corrected chi connectivity index (χ2v) is 6.55. The highest BCUT2D eigenvalue weighted by atomic mass is 16.2. The second kappa shape index (κ2) is 10.7. The normalized spacial score (nSPS) is 16.0. The summed E-state index contributed by atoms with van der Waals surface area (Å²) in [6, 6.07) is 9.59. The van der Waals surface area contributed by atoms with Gasteiger partial charge in [0, 0.05) is 12.6 Å². The summed E-state index contributed by atoms with van der Waals surface area (Å²) in [4.78, 5) is 26.1. The molecule has 0 saturated carbocycles. The molecule has 0 aromatic heterocycles. The van der Waals surface area contributed by atoms with E-state index in [2.05, 4.69) is 22.5 Å². The van der Waals surface area contributed by atoms with Crippen LogP contribution < -0.4 is 10.6 Å². The summed E-state index contributed by atoms with van der Waals surface area (Å²) >= 11 is 0. The summed E-state index contributed by atoms with van der Waals surface area (Å²) in [6.07, 6.45) is 6.64. The van der Waals surface area contributed by atoms with Crippen molar-refractivity contribution in [2.45, 2.75) is 26.2 Å². The van der Waals surface area contributed by atoms with Crippen molar-refractivity contribution in [1.82, 2.24) is 15.5 Å². The molecule has 5 heteroatoms. The van der Waals surface area contributed by atoms with Gasteiger partial charge in [-0.3, -0.25) is 9.59 Å². The van der Waals surface area contributed by atoms with E-state index < -0.39 is 0 Å². The van der Waals surface area contributed by atoms with Crippen molar-refractivity contribution >= 4 is 17.9 Å². The zero-order valence-corrected chi connectivity index (χ0v) is 15.0. The quantitative estimate of drug-likeness (QED) is 0.710. The molecule has 25 heavy (non-hydrogen) atoms. The van der Waals surface area contributed by atoms with Crippen molar-refractivity contribution in [3.63, 3.8) is 0 Å². The Kier molecular flexibility index (Phi) is 8.19. The van der Waals surface area contributed by atoms with E-state index in [-0.39, 0.29) is 18.4 Å². The van der Waals surface area contributed by atoms with E-state index in [1.165, 1.54) is 19.0 Å². The van der Waals surface area contributed by atoms with E-state index in [1.807, 2.05) is 30.3 Å². The zero-order valence-electron chi connectivity index (χ0n) is 15.0. The van der Waals surface area contributed by atoms with E-state index in [1.54, 1.807) is 6.08 Å². The third-order valence-corrected chi connectivity index (χ3v) is 4.48. The Hall–Kier alpha value is -2.14. The predicted molar refractivity (Wildman–Crippen MR) is 101 cm³/mol. The molecule has 136 valence electrons. The van der Waals surface area contributed by atoms with Gasteiger partial charge in [-0.25, -0.2) is 0 Å². The first-order chi connectivity index (χ1) is 12.2. The molecule has 0 bridgehead atoms. The molecule has 5 nitrogen and oxygen atoms in total. The highest BCUT2D eigenvalue weighted by Gasteiger charge is 2.18. The molecule has 0 atom stereocenters. The maximum absolute atomic E-state index is 11.9. The largest absolute Gasteiger partial charge is 0.354 e. The van der Waals surface area contributed by atoms with Crippen molar-refractivity contribution < 1.29 is 9.59 Å². The summed E-state index contributed by atoms with van der Waals surface area (Å²) in [7, 11) is 0. The summed E-state index contributed by atoms with van der Waals surface area (Å²) in [6.45, 7) is 6.34. The number of benzene rings is 1. The van der Waals surface area contributed by atoms with E-state index >= 15 is 0 Å². The molecular formula is C20H29N3O2. The molecule has 2 rings (SSSR count). The first-order valence-corrected chi connectivity index (χ1v) is 9.17. The first kappa shape index (κ1) is 19.2. The van der Waals surface area contributed by atoms with E-state index in [4.69, 9.17) is 0 Å². The Balaban J connectivity index is 1.59. The zero-order chi connectivity index (χ0) is 17.9. The maximum Gasteiger partial charge on any atom is 0.244 e. The van der Waals surface area contributed by atoms with Gasteiger partial charge in [0.2, 0.25) is 11.8 Å². The first-order valence-electron chi connectivity index (χ1n) is 9.17. The molecule has 1 aromatic carbocycles. The van der Waals surface area contributed by atoms with Gasteiger partial charge in [0.05, 0.1) is 6.54 Å². The smallest absolute Gasteiger partial charge is 0.244 e. The van der Waals surface area contributed by atoms with Crippen LogP contribution in [0.15, 0.2) is 36.4 Å². The fraction of sp³-hybridized carbons (Fsp3) is 0.500. The molecule has 2 N–H and O–H groups in total. The van der Waals surface area contributed by atoms with Crippen molar-refractivity contribution in [2.24, 2.45) is 5.92 Å². The fourth-order valence-electron chi connectivity index (χ4n) is 3.01. The average Bonchev–Trinajstić information content (AvgIpc) is 2.65. The lowest BCUT2D eigenvalue weighted by molar-refractivity contribution is -0.124. The van der Waals surface area contributed by atoms with Crippen LogP contribution in [-0.2, 0) is 9.59 Å². The maximum atomic E-state index is 11.9.